The normalized spacial score (nSPS) is 17.0. The molecule has 0 aliphatic carbocycles. The van der Waals surface area contributed by atoms with Gasteiger partial charge in [0.15, 0.2) is 0 Å². The smallest absolute Gasteiger partial charge is 0.255 e. The first kappa shape index (κ1) is 20.0. The van der Waals surface area contributed by atoms with Gasteiger partial charge in [-0.3, -0.25) is 4.90 Å². The summed E-state index contributed by atoms with van der Waals surface area (Å²) < 4.78 is 7.11. The highest BCUT2D eigenvalue weighted by molar-refractivity contribution is 7.43. The zero-order valence-corrected chi connectivity index (χ0v) is 16.3. The molecule has 25 heavy (non-hydrogen) atoms. The third kappa shape index (κ3) is 5.34. The molecule has 0 saturated carbocycles. The monoisotopic (exact) mass is 360 g/mol. The van der Waals surface area contributed by atoms with E-state index in [1.54, 1.807) is 7.11 Å². The molecule has 0 radical (unpaired) electrons. The molecule has 1 unspecified atom stereocenters. The molecular formula is C20H29N2O2P. The van der Waals surface area contributed by atoms with E-state index in [9.17, 15) is 4.89 Å². The summed E-state index contributed by atoms with van der Waals surface area (Å²) in [4.78, 5) is 12.4. The van der Waals surface area contributed by atoms with Crippen LogP contribution in [0.2, 0.25) is 0 Å². The molecule has 0 aromatic heterocycles. The van der Waals surface area contributed by atoms with Gasteiger partial charge in [-0.05, 0) is 11.1 Å². The van der Waals surface area contributed by atoms with E-state index in [2.05, 4.69) is 65.6 Å². The second-order valence-corrected chi connectivity index (χ2v) is 7.09. The maximum atomic E-state index is 9.89. The number of hydrogen-bond donors (Lipinski definition) is 1. The third-order valence-corrected chi connectivity index (χ3v) is 5.50. The van der Waals surface area contributed by atoms with Gasteiger partial charge in [-0.2, -0.15) is 0 Å². The molecule has 1 aliphatic rings. The number of benzene rings is 2. The summed E-state index contributed by atoms with van der Waals surface area (Å²) in [7, 11) is 0.128. The molecule has 1 heterocycles. The van der Waals surface area contributed by atoms with Crippen molar-refractivity contribution >= 4 is 8.53 Å². The summed E-state index contributed by atoms with van der Waals surface area (Å²) in [5.74, 6) is 0. The van der Waals surface area contributed by atoms with Crippen molar-refractivity contribution in [2.75, 3.05) is 33.3 Å². The van der Waals surface area contributed by atoms with Crippen LogP contribution in [0.3, 0.4) is 0 Å². The van der Waals surface area contributed by atoms with Crippen LogP contribution in [-0.4, -0.2) is 47.8 Å². The molecule has 0 bridgehead atoms. The van der Waals surface area contributed by atoms with Crippen LogP contribution < -0.4 is 0 Å². The number of hydrogen-bond acceptors (Lipinski definition) is 4. The molecular weight excluding hydrogens is 331 g/mol. The Labute approximate surface area is 153 Å². The second kappa shape index (κ2) is 10.6. The van der Waals surface area contributed by atoms with Crippen LogP contribution in [0.5, 0.6) is 0 Å². The Hall–Kier alpha value is -1.29. The van der Waals surface area contributed by atoms with E-state index in [0.717, 1.165) is 26.2 Å². The van der Waals surface area contributed by atoms with Gasteiger partial charge in [-0.25, -0.2) is 4.67 Å². The van der Waals surface area contributed by atoms with Crippen LogP contribution in [0, 0.1) is 0 Å². The molecule has 1 saturated heterocycles. The Morgan fingerprint density at radius 2 is 1.28 bits per heavy atom. The van der Waals surface area contributed by atoms with E-state index in [1.165, 1.54) is 11.1 Å². The maximum absolute atomic E-state index is 9.89. The van der Waals surface area contributed by atoms with Gasteiger partial charge in [0, 0.05) is 33.3 Å². The van der Waals surface area contributed by atoms with Crippen molar-refractivity contribution in [1.82, 2.24) is 9.57 Å². The number of piperazine rings is 1. The minimum Gasteiger partial charge on any atom is -0.338 e. The molecule has 3 rings (SSSR count). The summed E-state index contributed by atoms with van der Waals surface area (Å²) in [6, 6.07) is 21.5. The van der Waals surface area contributed by atoms with Crippen molar-refractivity contribution in [3.63, 3.8) is 0 Å². The largest absolute Gasteiger partial charge is 0.338 e. The van der Waals surface area contributed by atoms with Gasteiger partial charge < -0.3 is 9.42 Å². The zero-order chi connectivity index (χ0) is 18.1. The summed E-state index contributed by atoms with van der Waals surface area (Å²) >= 11 is 0. The van der Waals surface area contributed by atoms with Crippen molar-refractivity contribution in [1.29, 1.82) is 0 Å². The number of rotatable bonds is 5. The first-order chi connectivity index (χ1) is 12.3. The Morgan fingerprint density at radius 3 is 1.68 bits per heavy atom. The molecule has 1 fully saturated rings. The summed E-state index contributed by atoms with van der Waals surface area (Å²) in [5.41, 5.74) is 2.62. The van der Waals surface area contributed by atoms with E-state index in [4.69, 9.17) is 4.52 Å². The lowest BCUT2D eigenvalue weighted by Gasteiger charge is -2.40. The highest BCUT2D eigenvalue weighted by Crippen LogP contribution is 2.38. The zero-order valence-electron chi connectivity index (χ0n) is 15.4. The average molecular weight is 360 g/mol. The molecule has 0 spiro atoms. The highest BCUT2D eigenvalue weighted by atomic mass is 31.2. The van der Waals surface area contributed by atoms with Crippen molar-refractivity contribution in [3.05, 3.63) is 71.8 Å². The predicted molar refractivity (Wildman–Crippen MR) is 105 cm³/mol. The molecule has 2 aromatic carbocycles. The van der Waals surface area contributed by atoms with Gasteiger partial charge >= 0.3 is 0 Å². The lowest BCUT2D eigenvalue weighted by Crippen LogP contribution is -2.45. The van der Waals surface area contributed by atoms with Crippen molar-refractivity contribution in [2.45, 2.75) is 19.9 Å². The molecule has 136 valence electrons. The van der Waals surface area contributed by atoms with E-state index < -0.39 is 8.53 Å². The molecule has 1 aliphatic heterocycles. The fourth-order valence-electron chi connectivity index (χ4n) is 3.14. The van der Waals surface area contributed by atoms with Gasteiger partial charge in [-0.1, -0.05) is 74.5 Å². The lowest BCUT2D eigenvalue weighted by molar-refractivity contribution is 0.143. The van der Waals surface area contributed by atoms with Crippen LogP contribution in [0.15, 0.2) is 60.7 Å². The van der Waals surface area contributed by atoms with Gasteiger partial charge in [0.05, 0.1) is 6.04 Å². The van der Waals surface area contributed by atoms with E-state index in [1.807, 2.05) is 18.5 Å². The molecule has 1 atom stereocenters. The lowest BCUT2D eigenvalue weighted by atomic mass is 9.96. The molecule has 0 amide bonds. The quantitative estimate of drug-likeness (QED) is 0.807. The Morgan fingerprint density at radius 1 is 0.840 bits per heavy atom. The molecule has 4 nitrogen and oxygen atoms in total. The van der Waals surface area contributed by atoms with Gasteiger partial charge in [0.2, 0.25) is 0 Å². The van der Waals surface area contributed by atoms with Gasteiger partial charge in [0.25, 0.3) is 8.53 Å². The van der Waals surface area contributed by atoms with E-state index >= 15 is 0 Å². The third-order valence-electron chi connectivity index (χ3n) is 4.29. The first-order valence-electron chi connectivity index (χ1n) is 8.91. The Kier molecular flexibility index (Phi) is 8.53. The summed E-state index contributed by atoms with van der Waals surface area (Å²) in [6.45, 7) is 7.48. The Bertz CT molecular complexity index is 550. The highest BCUT2D eigenvalue weighted by Gasteiger charge is 2.29. The summed E-state index contributed by atoms with van der Waals surface area (Å²) in [5, 5.41) is 0. The first-order valence-corrected chi connectivity index (χ1v) is 10.1. The van der Waals surface area contributed by atoms with Crippen LogP contribution in [-0.2, 0) is 4.52 Å². The minimum atomic E-state index is -1.44. The van der Waals surface area contributed by atoms with Crippen molar-refractivity contribution in [3.8, 4) is 0 Å². The topological polar surface area (TPSA) is 35.9 Å². The SMILES string of the molecule is CC.COP(O)N1CCN(C(c2ccccc2)c2ccccc2)CC1. The Balaban J connectivity index is 0.00000109. The fraction of sp³-hybridized carbons (Fsp3) is 0.400. The molecule has 5 heteroatoms. The molecule has 1 N–H and O–H groups in total. The van der Waals surface area contributed by atoms with Crippen molar-refractivity contribution < 1.29 is 9.42 Å². The molecule has 2 aromatic rings. The average Bonchev–Trinajstić information content (AvgIpc) is 2.71. The van der Waals surface area contributed by atoms with Gasteiger partial charge in [-0.15, -0.1) is 0 Å². The van der Waals surface area contributed by atoms with Crippen LogP contribution >= 0.6 is 8.53 Å². The maximum Gasteiger partial charge on any atom is 0.255 e. The summed E-state index contributed by atoms with van der Waals surface area (Å²) in [6.07, 6.45) is 0. The fourth-order valence-corrected chi connectivity index (χ4v) is 3.89. The van der Waals surface area contributed by atoms with Crippen molar-refractivity contribution in [2.24, 2.45) is 0 Å². The standard InChI is InChI=1S/C18H23N2O2P.C2H6/c1-22-23(21)20-14-12-19(13-15-20)18(16-8-4-2-5-9-16)17-10-6-3-7-11-17;1-2/h2-11,18,21H,12-15H2,1H3;1-2H3. The predicted octanol–water partition coefficient (Wildman–Crippen LogP) is 4.29. The second-order valence-electron chi connectivity index (χ2n) is 5.65. The minimum absolute atomic E-state index is 0.256. The van der Waals surface area contributed by atoms with E-state index in [-0.39, 0.29) is 6.04 Å². The van der Waals surface area contributed by atoms with Crippen LogP contribution in [0.4, 0.5) is 0 Å². The number of nitrogens with zero attached hydrogens (tertiary/aromatic N) is 2. The van der Waals surface area contributed by atoms with Crippen LogP contribution in [0.25, 0.3) is 0 Å². The van der Waals surface area contributed by atoms with Crippen LogP contribution in [0.1, 0.15) is 31.0 Å². The van der Waals surface area contributed by atoms with Gasteiger partial charge in [0.1, 0.15) is 0 Å². The van der Waals surface area contributed by atoms with E-state index in [0.29, 0.717) is 0 Å².